The van der Waals surface area contributed by atoms with Crippen molar-refractivity contribution in [2.45, 2.75) is 44.5 Å². The number of amidine groups is 1. The lowest BCUT2D eigenvalue weighted by Gasteiger charge is -2.23. The predicted molar refractivity (Wildman–Crippen MR) is 145 cm³/mol. The van der Waals surface area contributed by atoms with E-state index in [4.69, 9.17) is 9.84 Å². The minimum Gasteiger partial charge on any atom is -0.476 e. The van der Waals surface area contributed by atoms with Crippen LogP contribution in [-0.2, 0) is 17.8 Å². The van der Waals surface area contributed by atoms with Gasteiger partial charge in [-0.25, -0.2) is 4.98 Å². The minimum absolute atomic E-state index is 0.0824. The molecule has 1 aromatic carbocycles. The number of amides is 1. The molecule has 10 nitrogen and oxygen atoms in total. The Kier molecular flexibility index (Phi) is 6.65. The van der Waals surface area contributed by atoms with E-state index >= 15 is 0 Å². The third kappa shape index (κ3) is 4.68. The van der Waals surface area contributed by atoms with Crippen LogP contribution in [0.5, 0.6) is 5.88 Å². The number of aliphatic imine (C=N–C) groups is 1. The van der Waals surface area contributed by atoms with E-state index in [1.807, 2.05) is 70.4 Å². The van der Waals surface area contributed by atoms with Gasteiger partial charge in [0.25, 0.3) is 0 Å². The molecule has 3 aliphatic heterocycles. The summed E-state index contributed by atoms with van der Waals surface area (Å²) in [6.07, 6.45) is 8.70. The van der Waals surface area contributed by atoms with Crippen molar-refractivity contribution in [3.8, 4) is 5.88 Å². The Morgan fingerprint density at radius 1 is 1.24 bits per heavy atom. The number of aliphatic hydroxyl groups is 1. The Morgan fingerprint density at radius 2 is 2.13 bits per heavy atom. The van der Waals surface area contributed by atoms with Gasteiger partial charge in [0.2, 0.25) is 11.8 Å². The summed E-state index contributed by atoms with van der Waals surface area (Å²) in [7, 11) is 0. The van der Waals surface area contributed by atoms with Crippen LogP contribution in [0, 0.1) is 0 Å². The van der Waals surface area contributed by atoms with Gasteiger partial charge in [-0.2, -0.15) is 5.10 Å². The van der Waals surface area contributed by atoms with E-state index in [1.165, 1.54) is 0 Å². The van der Waals surface area contributed by atoms with Crippen LogP contribution >= 0.6 is 0 Å². The number of benzene rings is 1. The second kappa shape index (κ2) is 10.4. The Hall–Kier alpha value is -4.02. The molecule has 6 rings (SSSR count). The fourth-order valence-electron chi connectivity index (χ4n) is 5.20. The average Bonchev–Trinajstić information content (AvgIpc) is 3.65. The third-order valence-electron chi connectivity index (χ3n) is 7.19. The summed E-state index contributed by atoms with van der Waals surface area (Å²) < 4.78 is 7.79. The van der Waals surface area contributed by atoms with Crippen LogP contribution in [0.25, 0.3) is 10.9 Å². The average molecular weight is 514 g/mol. The number of nitrogens with one attached hydrogen (secondary N) is 2. The van der Waals surface area contributed by atoms with Gasteiger partial charge in [0.15, 0.2) is 0 Å². The first-order chi connectivity index (χ1) is 18.6. The number of aliphatic hydroxyl groups excluding tert-OH is 1. The van der Waals surface area contributed by atoms with Crippen LogP contribution in [0.2, 0.25) is 0 Å². The summed E-state index contributed by atoms with van der Waals surface area (Å²) in [6, 6.07) is 11.1. The molecule has 38 heavy (non-hydrogen) atoms. The highest BCUT2D eigenvalue weighted by Gasteiger charge is 2.32. The molecule has 0 saturated carbocycles. The normalized spacial score (nSPS) is 22.1. The van der Waals surface area contributed by atoms with Crippen LogP contribution in [0.3, 0.4) is 0 Å². The highest BCUT2D eigenvalue weighted by molar-refractivity contribution is 6.07. The lowest BCUT2D eigenvalue weighted by Crippen LogP contribution is -2.41. The van der Waals surface area contributed by atoms with Gasteiger partial charge in [-0.05, 0) is 49.7 Å². The maximum Gasteiger partial charge on any atom is 0.249 e. The SMILES string of the molecule is CCc1nn(Cc2cccc(OC[C@H]3NCC[C@@H]3O)n2)c2cccc(NC(=O)C3CN=C4C=CC=CN43)c12. The summed E-state index contributed by atoms with van der Waals surface area (Å²) in [4.78, 5) is 24.3. The minimum atomic E-state index is -0.396. The molecule has 0 radical (unpaired) electrons. The maximum absolute atomic E-state index is 13.3. The Bertz CT molecular complexity index is 1440. The van der Waals surface area contributed by atoms with E-state index in [2.05, 4.69) is 27.5 Å². The lowest BCUT2D eigenvalue weighted by molar-refractivity contribution is -0.118. The monoisotopic (exact) mass is 513 g/mol. The molecule has 3 aliphatic rings. The molecule has 1 fully saturated rings. The molecule has 0 spiro atoms. The first kappa shape index (κ1) is 24.3. The summed E-state index contributed by atoms with van der Waals surface area (Å²) >= 11 is 0. The number of rotatable bonds is 8. The van der Waals surface area contributed by atoms with Crippen molar-refractivity contribution in [1.29, 1.82) is 0 Å². The molecule has 3 atom stereocenters. The van der Waals surface area contributed by atoms with Gasteiger partial charge >= 0.3 is 0 Å². The van der Waals surface area contributed by atoms with Crippen molar-refractivity contribution >= 4 is 28.3 Å². The summed E-state index contributed by atoms with van der Waals surface area (Å²) in [5.41, 5.74) is 3.39. The molecule has 1 saturated heterocycles. The molecule has 1 amide bonds. The van der Waals surface area contributed by atoms with E-state index in [0.717, 1.165) is 53.2 Å². The van der Waals surface area contributed by atoms with Crippen molar-refractivity contribution in [2.75, 3.05) is 25.0 Å². The molecular weight excluding hydrogens is 482 g/mol. The van der Waals surface area contributed by atoms with E-state index < -0.39 is 6.10 Å². The number of carbonyl (C=O) groups excluding carboxylic acids is 1. The van der Waals surface area contributed by atoms with Crippen molar-refractivity contribution in [3.05, 3.63) is 72.2 Å². The standard InChI is InChI=1S/C28H31N7O3/c1-2-19-27-20(32-28(37)23-15-30-25-10-3-4-14-34(23)25)8-6-9-22(27)35(33-19)16-18-7-5-11-26(31-18)38-17-21-24(36)12-13-29-21/h3-11,14,21,23-24,29,36H,2,12-13,15-17H2,1H3,(H,32,37)/t21-,23?,24+/m1/s1. The van der Waals surface area contributed by atoms with Crippen molar-refractivity contribution < 1.29 is 14.6 Å². The number of anilines is 1. The molecule has 3 aromatic rings. The van der Waals surface area contributed by atoms with E-state index in [9.17, 15) is 9.90 Å². The molecule has 0 bridgehead atoms. The fraction of sp³-hybridized carbons (Fsp3) is 0.357. The molecule has 2 aromatic heterocycles. The van der Waals surface area contributed by atoms with Gasteiger partial charge in [-0.15, -0.1) is 0 Å². The number of aryl methyl sites for hydroxylation is 1. The number of hydrogen-bond donors (Lipinski definition) is 3. The first-order valence-corrected chi connectivity index (χ1v) is 13.1. The Labute approximate surface area is 220 Å². The molecular formula is C28H31N7O3. The van der Waals surface area contributed by atoms with Crippen LogP contribution in [0.1, 0.15) is 24.7 Å². The van der Waals surface area contributed by atoms with Gasteiger partial charge in [-0.3, -0.25) is 14.5 Å². The van der Waals surface area contributed by atoms with Gasteiger partial charge in [0.05, 0.1) is 47.8 Å². The third-order valence-corrected chi connectivity index (χ3v) is 7.19. The van der Waals surface area contributed by atoms with E-state index in [1.54, 1.807) is 0 Å². The van der Waals surface area contributed by atoms with Crippen LogP contribution in [-0.4, -0.2) is 74.4 Å². The molecule has 10 heteroatoms. The summed E-state index contributed by atoms with van der Waals surface area (Å²) in [5, 5.41) is 22.2. The number of allylic oxidation sites excluding steroid dienone is 2. The van der Waals surface area contributed by atoms with Gasteiger partial charge in [-0.1, -0.05) is 25.1 Å². The van der Waals surface area contributed by atoms with Gasteiger partial charge in [0.1, 0.15) is 18.5 Å². The zero-order chi connectivity index (χ0) is 26.1. The highest BCUT2D eigenvalue weighted by atomic mass is 16.5. The Morgan fingerprint density at radius 3 is 2.97 bits per heavy atom. The lowest BCUT2D eigenvalue weighted by atomic mass is 10.1. The maximum atomic E-state index is 13.3. The van der Waals surface area contributed by atoms with Crippen LogP contribution in [0.4, 0.5) is 5.69 Å². The van der Waals surface area contributed by atoms with E-state index in [0.29, 0.717) is 25.6 Å². The van der Waals surface area contributed by atoms with Crippen LogP contribution in [0.15, 0.2) is 65.8 Å². The molecule has 1 unspecified atom stereocenters. The number of ether oxygens (including phenoxy) is 1. The molecule has 5 heterocycles. The van der Waals surface area contributed by atoms with Gasteiger partial charge < -0.3 is 25.4 Å². The van der Waals surface area contributed by atoms with E-state index in [-0.39, 0.29) is 18.0 Å². The second-order valence-corrected chi connectivity index (χ2v) is 9.66. The number of carbonyl (C=O) groups is 1. The number of aromatic nitrogens is 3. The van der Waals surface area contributed by atoms with Crippen LogP contribution < -0.4 is 15.4 Å². The van der Waals surface area contributed by atoms with Crippen molar-refractivity contribution in [3.63, 3.8) is 0 Å². The first-order valence-electron chi connectivity index (χ1n) is 13.1. The van der Waals surface area contributed by atoms with Crippen molar-refractivity contribution in [2.24, 2.45) is 4.99 Å². The summed E-state index contributed by atoms with van der Waals surface area (Å²) in [6.45, 7) is 4.10. The number of fused-ring (bicyclic) bond motifs is 2. The number of pyridine rings is 1. The smallest absolute Gasteiger partial charge is 0.249 e. The molecule has 196 valence electrons. The largest absolute Gasteiger partial charge is 0.476 e. The Balaban J connectivity index is 1.21. The second-order valence-electron chi connectivity index (χ2n) is 9.66. The fourth-order valence-corrected chi connectivity index (χ4v) is 5.20. The van der Waals surface area contributed by atoms with Crippen molar-refractivity contribution in [1.82, 2.24) is 25.0 Å². The highest BCUT2D eigenvalue weighted by Crippen LogP contribution is 2.29. The summed E-state index contributed by atoms with van der Waals surface area (Å²) in [5.74, 6) is 1.23. The zero-order valence-electron chi connectivity index (χ0n) is 21.2. The van der Waals surface area contributed by atoms with Gasteiger partial charge in [0, 0.05) is 17.7 Å². The molecule has 3 N–H and O–H groups in total. The quantitative estimate of drug-likeness (QED) is 0.423. The topological polar surface area (TPSA) is 117 Å². The molecule has 0 aliphatic carbocycles. The number of hydrogen-bond acceptors (Lipinski definition) is 8. The predicted octanol–water partition coefficient (Wildman–Crippen LogP) is 2.25. The number of nitrogens with zero attached hydrogens (tertiary/aromatic N) is 5. The zero-order valence-corrected chi connectivity index (χ0v) is 21.2.